The number of hydrogen-bond acceptors (Lipinski definition) is 5. The molecule has 0 aliphatic carbocycles. The van der Waals surface area contributed by atoms with E-state index in [4.69, 9.17) is 16.3 Å². The smallest absolute Gasteiger partial charge is 0.243 e. The number of anilines is 2. The minimum absolute atomic E-state index is 0.0169. The maximum Gasteiger partial charge on any atom is 0.243 e. The second-order valence-electron chi connectivity index (χ2n) is 7.55. The molecule has 0 radical (unpaired) electrons. The monoisotopic (exact) mass is 465 g/mol. The lowest BCUT2D eigenvalue weighted by Gasteiger charge is -2.20. The van der Waals surface area contributed by atoms with Crippen molar-refractivity contribution in [3.63, 3.8) is 0 Å². The number of methoxy groups -OCH3 is 1. The Balaban J connectivity index is 1.60. The van der Waals surface area contributed by atoms with Crippen molar-refractivity contribution in [2.75, 3.05) is 37.4 Å². The predicted molar refractivity (Wildman–Crippen MR) is 124 cm³/mol. The van der Waals surface area contributed by atoms with Crippen LogP contribution in [0.15, 0.2) is 41.3 Å². The van der Waals surface area contributed by atoms with Crippen LogP contribution in [0.5, 0.6) is 5.75 Å². The number of carbonyl (C=O) groups is 1. The van der Waals surface area contributed by atoms with Crippen molar-refractivity contribution < 1.29 is 17.9 Å². The van der Waals surface area contributed by atoms with Crippen LogP contribution in [0.4, 0.5) is 11.4 Å². The first-order valence-corrected chi connectivity index (χ1v) is 12.1. The number of nitrogens with zero attached hydrogens (tertiary/aromatic N) is 1. The number of carbonyl (C=O) groups excluding carboxylic acids is 1. The number of rotatable bonds is 7. The maximum atomic E-state index is 12.9. The molecule has 2 aromatic carbocycles. The average molecular weight is 466 g/mol. The third-order valence-electron chi connectivity index (χ3n) is 5.27. The molecule has 0 atom stereocenters. The molecule has 0 bridgehead atoms. The molecular formula is C22H28ClN3O4S. The van der Waals surface area contributed by atoms with Crippen LogP contribution in [0.2, 0.25) is 5.02 Å². The lowest BCUT2D eigenvalue weighted by Crippen LogP contribution is -2.31. The van der Waals surface area contributed by atoms with Crippen molar-refractivity contribution in [1.82, 2.24) is 4.31 Å². The summed E-state index contributed by atoms with van der Waals surface area (Å²) in [6.07, 6.45) is 3.93. The van der Waals surface area contributed by atoms with Gasteiger partial charge in [0.05, 0.1) is 24.2 Å². The first-order valence-electron chi connectivity index (χ1n) is 10.3. The molecule has 2 aromatic rings. The normalized spacial score (nSPS) is 15.2. The van der Waals surface area contributed by atoms with Gasteiger partial charge in [-0.15, -0.1) is 0 Å². The highest BCUT2D eigenvalue weighted by atomic mass is 35.5. The van der Waals surface area contributed by atoms with Crippen LogP contribution >= 0.6 is 11.6 Å². The Labute approximate surface area is 188 Å². The molecule has 1 aliphatic rings. The van der Waals surface area contributed by atoms with E-state index in [1.165, 1.54) is 7.11 Å². The number of nitrogens with one attached hydrogen (secondary N) is 2. The van der Waals surface area contributed by atoms with E-state index in [-0.39, 0.29) is 17.3 Å². The van der Waals surface area contributed by atoms with Crippen LogP contribution < -0.4 is 15.4 Å². The third-order valence-corrected chi connectivity index (χ3v) is 7.59. The van der Waals surface area contributed by atoms with Crippen molar-refractivity contribution >= 4 is 38.9 Å². The van der Waals surface area contributed by atoms with Gasteiger partial charge in [0, 0.05) is 29.9 Å². The number of sulfonamides is 1. The summed E-state index contributed by atoms with van der Waals surface area (Å²) in [5.74, 6) is 0.216. The summed E-state index contributed by atoms with van der Waals surface area (Å²) in [5.41, 5.74) is 2.02. The molecule has 2 N–H and O–H groups in total. The molecule has 0 saturated carbocycles. The zero-order valence-corrected chi connectivity index (χ0v) is 19.4. The number of halogens is 1. The highest BCUT2D eigenvalue weighted by molar-refractivity contribution is 7.89. The fourth-order valence-corrected chi connectivity index (χ4v) is 5.15. The predicted octanol–water partition coefficient (Wildman–Crippen LogP) is 4.27. The summed E-state index contributed by atoms with van der Waals surface area (Å²) in [5, 5.41) is 6.36. The zero-order valence-electron chi connectivity index (χ0n) is 17.8. The van der Waals surface area contributed by atoms with Gasteiger partial charge in [0.25, 0.3) is 0 Å². The van der Waals surface area contributed by atoms with Crippen molar-refractivity contribution in [3.8, 4) is 5.75 Å². The van der Waals surface area contributed by atoms with E-state index in [9.17, 15) is 13.2 Å². The van der Waals surface area contributed by atoms with E-state index in [1.807, 2.05) is 6.92 Å². The molecule has 0 unspecified atom stereocenters. The molecule has 0 spiro atoms. The SMILES string of the molecule is COc1cc(Cl)c(C)cc1NC(=O)CNc1ccc(S(=O)(=O)N2CCCCCC2)cc1. The van der Waals surface area contributed by atoms with Gasteiger partial charge in [0.2, 0.25) is 15.9 Å². The molecule has 31 heavy (non-hydrogen) atoms. The Morgan fingerprint density at radius 2 is 1.74 bits per heavy atom. The standard InChI is InChI=1S/C22H28ClN3O4S/c1-16-13-20(21(30-2)14-19(16)23)25-22(27)15-24-17-7-9-18(10-8-17)31(28,29)26-11-5-3-4-6-12-26/h7-10,13-14,24H,3-6,11-12,15H2,1-2H3,(H,25,27). The van der Waals surface area contributed by atoms with Crippen LogP contribution in [0.3, 0.4) is 0 Å². The largest absolute Gasteiger partial charge is 0.495 e. The number of hydrogen-bond donors (Lipinski definition) is 2. The second-order valence-corrected chi connectivity index (χ2v) is 9.89. The van der Waals surface area contributed by atoms with Crippen LogP contribution in [0, 0.1) is 6.92 Å². The van der Waals surface area contributed by atoms with Crippen molar-refractivity contribution in [3.05, 3.63) is 47.0 Å². The molecule has 1 fully saturated rings. The van der Waals surface area contributed by atoms with E-state index in [1.54, 1.807) is 40.7 Å². The number of aryl methyl sites for hydroxylation is 1. The zero-order chi connectivity index (χ0) is 22.4. The molecule has 9 heteroatoms. The van der Waals surface area contributed by atoms with Gasteiger partial charge in [-0.05, 0) is 55.7 Å². The average Bonchev–Trinajstić information content (AvgIpc) is 3.05. The summed E-state index contributed by atoms with van der Waals surface area (Å²) in [7, 11) is -1.98. The minimum atomic E-state index is -3.49. The molecule has 1 amide bonds. The Bertz CT molecular complexity index is 1020. The molecule has 3 rings (SSSR count). The first kappa shape index (κ1) is 23.4. The lowest BCUT2D eigenvalue weighted by atomic mass is 10.2. The summed E-state index contributed by atoms with van der Waals surface area (Å²) in [6.45, 7) is 2.99. The van der Waals surface area contributed by atoms with Gasteiger partial charge < -0.3 is 15.4 Å². The molecule has 1 saturated heterocycles. The Hall–Kier alpha value is -2.29. The number of amides is 1. The van der Waals surface area contributed by atoms with Crippen molar-refractivity contribution in [2.45, 2.75) is 37.5 Å². The van der Waals surface area contributed by atoms with E-state index in [2.05, 4.69) is 10.6 Å². The molecule has 168 valence electrons. The van der Waals surface area contributed by atoms with Crippen LogP contribution in [-0.2, 0) is 14.8 Å². The van der Waals surface area contributed by atoms with E-state index < -0.39 is 10.0 Å². The Kier molecular flexibility index (Phi) is 7.80. The van der Waals surface area contributed by atoms with Crippen LogP contribution in [0.25, 0.3) is 0 Å². The molecular weight excluding hydrogens is 438 g/mol. The van der Waals surface area contributed by atoms with Gasteiger partial charge in [-0.2, -0.15) is 4.31 Å². The molecule has 1 aliphatic heterocycles. The Morgan fingerprint density at radius 1 is 1.10 bits per heavy atom. The maximum absolute atomic E-state index is 12.9. The van der Waals surface area contributed by atoms with Gasteiger partial charge in [-0.25, -0.2) is 8.42 Å². The third kappa shape index (κ3) is 5.90. The quantitative estimate of drug-likeness (QED) is 0.637. The van der Waals surface area contributed by atoms with Gasteiger partial charge in [0.15, 0.2) is 0 Å². The Morgan fingerprint density at radius 3 is 2.35 bits per heavy atom. The van der Waals surface area contributed by atoms with Gasteiger partial charge in [-0.3, -0.25) is 4.79 Å². The number of ether oxygens (including phenoxy) is 1. The second kappa shape index (κ2) is 10.3. The summed E-state index contributed by atoms with van der Waals surface area (Å²) < 4.78 is 32.5. The topological polar surface area (TPSA) is 87.7 Å². The lowest BCUT2D eigenvalue weighted by molar-refractivity contribution is -0.114. The highest BCUT2D eigenvalue weighted by Crippen LogP contribution is 2.31. The highest BCUT2D eigenvalue weighted by Gasteiger charge is 2.24. The van der Waals surface area contributed by atoms with Gasteiger partial charge in [0.1, 0.15) is 5.75 Å². The van der Waals surface area contributed by atoms with Gasteiger partial charge in [-0.1, -0.05) is 24.4 Å². The molecule has 0 aromatic heterocycles. The summed E-state index contributed by atoms with van der Waals surface area (Å²) >= 11 is 6.09. The van der Waals surface area contributed by atoms with Crippen molar-refractivity contribution in [2.24, 2.45) is 0 Å². The fraction of sp³-hybridized carbons (Fsp3) is 0.409. The minimum Gasteiger partial charge on any atom is -0.495 e. The van der Waals surface area contributed by atoms with Crippen LogP contribution in [0.1, 0.15) is 31.2 Å². The molecule has 7 nitrogen and oxygen atoms in total. The summed E-state index contributed by atoms with van der Waals surface area (Å²) in [4.78, 5) is 12.6. The van der Waals surface area contributed by atoms with E-state index in [0.717, 1.165) is 31.2 Å². The fourth-order valence-electron chi connectivity index (χ4n) is 3.48. The molecule has 1 heterocycles. The van der Waals surface area contributed by atoms with Gasteiger partial charge >= 0.3 is 0 Å². The van der Waals surface area contributed by atoms with Crippen LogP contribution in [-0.4, -0.2) is 45.4 Å². The van der Waals surface area contributed by atoms with E-state index in [0.29, 0.717) is 35.2 Å². The van der Waals surface area contributed by atoms with Crippen molar-refractivity contribution in [1.29, 1.82) is 0 Å². The summed E-state index contributed by atoms with van der Waals surface area (Å²) in [6, 6.07) is 9.90. The first-order chi connectivity index (χ1) is 14.8. The number of benzene rings is 2. The van der Waals surface area contributed by atoms with E-state index >= 15 is 0 Å².